The number of hydrogen-bond donors (Lipinski definition) is 1. The van der Waals surface area contributed by atoms with Crippen LogP contribution in [0.5, 0.6) is 0 Å². The first-order valence-electron chi connectivity index (χ1n) is 6.13. The number of benzene rings is 1. The molecule has 100 valence electrons. The molecule has 1 heterocycles. The highest BCUT2D eigenvalue weighted by atomic mass is 16.6. The van der Waals surface area contributed by atoms with E-state index in [2.05, 4.69) is 10.4 Å². The molecule has 0 spiro atoms. The summed E-state index contributed by atoms with van der Waals surface area (Å²) in [5, 5.41) is 18.1. The topological polar surface area (TPSA) is 73.0 Å². The first-order chi connectivity index (χ1) is 9.16. The lowest BCUT2D eigenvalue weighted by Crippen LogP contribution is -2.08. The van der Waals surface area contributed by atoms with E-state index >= 15 is 0 Å². The molecule has 0 unspecified atom stereocenters. The minimum atomic E-state index is -0.358. The summed E-state index contributed by atoms with van der Waals surface area (Å²) in [6.45, 7) is 3.30. The van der Waals surface area contributed by atoms with Crippen LogP contribution in [0.15, 0.2) is 36.7 Å². The second-order valence-corrected chi connectivity index (χ2v) is 4.33. The molecule has 0 aliphatic carbocycles. The fraction of sp³-hybridized carbons (Fsp3) is 0.308. The van der Waals surface area contributed by atoms with Crippen molar-refractivity contribution in [2.24, 2.45) is 0 Å². The van der Waals surface area contributed by atoms with Crippen molar-refractivity contribution in [3.05, 3.63) is 52.3 Å². The Hall–Kier alpha value is -2.37. The lowest BCUT2D eigenvalue weighted by molar-refractivity contribution is -0.384. The Morgan fingerprint density at radius 3 is 3.00 bits per heavy atom. The van der Waals surface area contributed by atoms with Crippen molar-refractivity contribution in [1.82, 2.24) is 9.78 Å². The van der Waals surface area contributed by atoms with Crippen LogP contribution in [0.2, 0.25) is 0 Å². The molecule has 0 amide bonds. The van der Waals surface area contributed by atoms with Crippen LogP contribution in [-0.2, 0) is 6.54 Å². The third-order valence-electron chi connectivity index (χ3n) is 2.79. The van der Waals surface area contributed by atoms with Crippen LogP contribution in [0.1, 0.15) is 12.0 Å². The molecule has 0 atom stereocenters. The van der Waals surface area contributed by atoms with Gasteiger partial charge in [0.25, 0.3) is 5.69 Å². The van der Waals surface area contributed by atoms with E-state index in [0.717, 1.165) is 18.5 Å². The first kappa shape index (κ1) is 13.1. The zero-order chi connectivity index (χ0) is 13.7. The predicted octanol–water partition coefficient (Wildman–Crippen LogP) is 2.60. The van der Waals surface area contributed by atoms with Gasteiger partial charge in [-0.05, 0) is 31.0 Å². The number of hydrogen-bond acceptors (Lipinski definition) is 4. The molecule has 0 radical (unpaired) electrons. The molecular weight excluding hydrogens is 244 g/mol. The molecular formula is C13H16N4O2. The quantitative estimate of drug-likeness (QED) is 0.492. The van der Waals surface area contributed by atoms with Gasteiger partial charge in [-0.15, -0.1) is 0 Å². The summed E-state index contributed by atoms with van der Waals surface area (Å²) in [4.78, 5) is 10.6. The Morgan fingerprint density at radius 1 is 1.47 bits per heavy atom. The predicted molar refractivity (Wildman–Crippen MR) is 73.2 cm³/mol. The van der Waals surface area contributed by atoms with Gasteiger partial charge in [0, 0.05) is 31.5 Å². The molecule has 6 nitrogen and oxygen atoms in total. The zero-order valence-electron chi connectivity index (χ0n) is 10.7. The Balaban J connectivity index is 1.90. The summed E-state index contributed by atoms with van der Waals surface area (Å²) in [7, 11) is 0. The summed E-state index contributed by atoms with van der Waals surface area (Å²) < 4.78 is 1.84. The van der Waals surface area contributed by atoms with E-state index in [-0.39, 0.29) is 10.6 Å². The molecule has 2 aromatic rings. The fourth-order valence-corrected chi connectivity index (χ4v) is 1.84. The maximum Gasteiger partial charge on any atom is 0.292 e. The van der Waals surface area contributed by atoms with Crippen molar-refractivity contribution >= 4 is 11.4 Å². The van der Waals surface area contributed by atoms with Gasteiger partial charge < -0.3 is 5.32 Å². The Bertz CT molecular complexity index is 552. The van der Waals surface area contributed by atoms with Gasteiger partial charge >= 0.3 is 0 Å². The minimum absolute atomic E-state index is 0.124. The number of nitrogens with one attached hydrogen (secondary N) is 1. The summed E-state index contributed by atoms with van der Waals surface area (Å²) in [6, 6.07) is 7.07. The molecule has 0 aliphatic rings. The fourth-order valence-electron chi connectivity index (χ4n) is 1.84. The van der Waals surface area contributed by atoms with Crippen LogP contribution in [0.4, 0.5) is 11.4 Å². The Labute approximate surface area is 111 Å². The summed E-state index contributed by atoms with van der Waals surface area (Å²) >= 11 is 0. The van der Waals surface area contributed by atoms with Crippen LogP contribution in [0.25, 0.3) is 0 Å². The molecule has 0 saturated heterocycles. The third-order valence-corrected chi connectivity index (χ3v) is 2.79. The largest absolute Gasteiger partial charge is 0.379 e. The first-order valence-corrected chi connectivity index (χ1v) is 6.13. The molecule has 1 N–H and O–H groups in total. The lowest BCUT2D eigenvalue weighted by Gasteiger charge is -2.07. The molecule has 0 bridgehead atoms. The van der Waals surface area contributed by atoms with E-state index in [1.165, 1.54) is 0 Å². The summed E-state index contributed by atoms with van der Waals surface area (Å²) in [6.07, 6.45) is 4.49. The number of aryl methyl sites for hydroxylation is 2. The van der Waals surface area contributed by atoms with Crippen molar-refractivity contribution in [1.29, 1.82) is 0 Å². The molecule has 0 fully saturated rings. The molecule has 1 aromatic carbocycles. The average molecular weight is 260 g/mol. The number of aromatic nitrogens is 2. The second-order valence-electron chi connectivity index (χ2n) is 4.33. The van der Waals surface area contributed by atoms with E-state index < -0.39 is 0 Å². The molecule has 19 heavy (non-hydrogen) atoms. The van der Waals surface area contributed by atoms with Crippen molar-refractivity contribution in [2.45, 2.75) is 19.9 Å². The molecule has 0 saturated carbocycles. The number of nitro groups is 1. The monoisotopic (exact) mass is 260 g/mol. The smallest absolute Gasteiger partial charge is 0.292 e. The lowest BCUT2D eigenvalue weighted by atomic mass is 10.2. The molecule has 2 rings (SSSR count). The van der Waals surface area contributed by atoms with E-state index in [1.807, 2.05) is 29.9 Å². The highest BCUT2D eigenvalue weighted by molar-refractivity contribution is 5.62. The van der Waals surface area contributed by atoms with Crippen molar-refractivity contribution in [3.63, 3.8) is 0 Å². The van der Waals surface area contributed by atoms with Gasteiger partial charge in [0.1, 0.15) is 5.69 Å². The van der Waals surface area contributed by atoms with Gasteiger partial charge in [-0.1, -0.05) is 6.07 Å². The number of rotatable bonds is 6. The maximum atomic E-state index is 10.9. The second kappa shape index (κ2) is 5.99. The normalized spacial score (nSPS) is 10.4. The van der Waals surface area contributed by atoms with Crippen LogP contribution >= 0.6 is 0 Å². The van der Waals surface area contributed by atoms with Gasteiger partial charge in [0.15, 0.2) is 0 Å². The van der Waals surface area contributed by atoms with Gasteiger partial charge in [0.05, 0.1) is 4.92 Å². The standard InChI is InChI=1S/C13H16N4O2/c1-11-4-5-12(13(10-11)17(18)19)14-6-2-8-16-9-3-7-15-16/h3-5,7,9-10,14H,2,6,8H2,1H3. The number of nitro benzene ring substituents is 1. The SMILES string of the molecule is Cc1ccc(NCCCn2cccn2)c([N+](=O)[O-])c1. The molecule has 6 heteroatoms. The van der Waals surface area contributed by atoms with Gasteiger partial charge in [-0.25, -0.2) is 0 Å². The van der Waals surface area contributed by atoms with Crippen LogP contribution in [-0.4, -0.2) is 21.2 Å². The summed E-state index contributed by atoms with van der Waals surface area (Å²) in [5.74, 6) is 0. The van der Waals surface area contributed by atoms with Crippen molar-refractivity contribution in [3.8, 4) is 0 Å². The maximum absolute atomic E-state index is 10.9. The van der Waals surface area contributed by atoms with Gasteiger partial charge in [0.2, 0.25) is 0 Å². The van der Waals surface area contributed by atoms with Crippen LogP contribution < -0.4 is 5.32 Å². The van der Waals surface area contributed by atoms with E-state index in [4.69, 9.17) is 0 Å². The average Bonchev–Trinajstić information content (AvgIpc) is 2.89. The highest BCUT2D eigenvalue weighted by Crippen LogP contribution is 2.25. The highest BCUT2D eigenvalue weighted by Gasteiger charge is 2.12. The van der Waals surface area contributed by atoms with Crippen molar-refractivity contribution < 1.29 is 4.92 Å². The van der Waals surface area contributed by atoms with E-state index in [1.54, 1.807) is 18.3 Å². The zero-order valence-corrected chi connectivity index (χ0v) is 10.7. The number of anilines is 1. The minimum Gasteiger partial charge on any atom is -0.379 e. The van der Waals surface area contributed by atoms with Crippen LogP contribution in [0, 0.1) is 17.0 Å². The van der Waals surface area contributed by atoms with Crippen LogP contribution in [0.3, 0.4) is 0 Å². The van der Waals surface area contributed by atoms with E-state index in [9.17, 15) is 10.1 Å². The third kappa shape index (κ3) is 3.54. The van der Waals surface area contributed by atoms with Gasteiger partial charge in [-0.3, -0.25) is 14.8 Å². The van der Waals surface area contributed by atoms with Gasteiger partial charge in [-0.2, -0.15) is 5.10 Å². The molecule has 0 aliphatic heterocycles. The Morgan fingerprint density at radius 2 is 2.32 bits per heavy atom. The summed E-state index contributed by atoms with van der Waals surface area (Å²) in [5.41, 5.74) is 1.57. The van der Waals surface area contributed by atoms with Crippen molar-refractivity contribution in [2.75, 3.05) is 11.9 Å². The van der Waals surface area contributed by atoms with E-state index in [0.29, 0.717) is 12.2 Å². The Kier molecular flexibility index (Phi) is 4.12. The number of nitrogens with zero attached hydrogens (tertiary/aromatic N) is 3. The molecule has 1 aromatic heterocycles.